The van der Waals surface area contributed by atoms with Gasteiger partial charge in [0.15, 0.2) is 0 Å². The van der Waals surface area contributed by atoms with Gasteiger partial charge in [0.05, 0.1) is 11.4 Å². The minimum absolute atomic E-state index is 0.0527. The van der Waals surface area contributed by atoms with Gasteiger partial charge in [0.1, 0.15) is 0 Å². The number of rotatable bonds is 2. The van der Waals surface area contributed by atoms with Crippen LogP contribution in [0.15, 0.2) is 30.3 Å². The second-order valence-electron chi connectivity index (χ2n) is 5.65. The molecule has 0 fully saturated rings. The Balaban J connectivity index is 1.94. The van der Waals surface area contributed by atoms with Crippen LogP contribution in [0.5, 0.6) is 0 Å². The summed E-state index contributed by atoms with van der Waals surface area (Å²) in [7, 11) is 0. The van der Waals surface area contributed by atoms with Gasteiger partial charge in [-0.3, -0.25) is 4.79 Å². The molecule has 1 heterocycles. The zero-order valence-electron chi connectivity index (χ0n) is 12.3. The summed E-state index contributed by atoms with van der Waals surface area (Å²) < 4.78 is 0. The van der Waals surface area contributed by atoms with Crippen LogP contribution in [0.1, 0.15) is 23.1 Å². The van der Waals surface area contributed by atoms with Crippen LogP contribution in [0.3, 0.4) is 0 Å². The van der Waals surface area contributed by atoms with Gasteiger partial charge in [-0.05, 0) is 61.2 Å². The van der Waals surface area contributed by atoms with Crippen molar-refractivity contribution in [2.24, 2.45) is 0 Å². The van der Waals surface area contributed by atoms with E-state index in [0.717, 1.165) is 29.0 Å². The van der Waals surface area contributed by atoms with Gasteiger partial charge >= 0.3 is 0 Å². The number of anilines is 4. The fraction of sp³-hybridized carbons (Fsp3) is 0.235. The molecule has 0 unspecified atom stereocenters. The molecule has 1 aliphatic rings. The summed E-state index contributed by atoms with van der Waals surface area (Å²) in [6.45, 7) is 4.15. The predicted octanol–water partition coefficient (Wildman–Crippen LogP) is 3.51. The second-order valence-corrected chi connectivity index (χ2v) is 5.65. The van der Waals surface area contributed by atoms with E-state index in [4.69, 9.17) is 5.73 Å². The van der Waals surface area contributed by atoms with Crippen molar-refractivity contribution in [2.45, 2.75) is 26.7 Å². The summed E-state index contributed by atoms with van der Waals surface area (Å²) in [6, 6.07) is 10.2. The van der Waals surface area contributed by atoms with E-state index in [0.29, 0.717) is 12.1 Å². The molecule has 0 aliphatic carbocycles. The third-order valence-electron chi connectivity index (χ3n) is 3.67. The van der Waals surface area contributed by atoms with Crippen LogP contribution in [0.4, 0.5) is 22.7 Å². The summed E-state index contributed by atoms with van der Waals surface area (Å²) in [5, 5.41) is 6.24. The van der Waals surface area contributed by atoms with Gasteiger partial charge in [0.25, 0.3) is 0 Å². The van der Waals surface area contributed by atoms with Gasteiger partial charge in [-0.25, -0.2) is 0 Å². The molecule has 0 atom stereocenters. The van der Waals surface area contributed by atoms with Crippen molar-refractivity contribution >= 4 is 28.7 Å². The Bertz CT molecular complexity index is 702. The Morgan fingerprint density at radius 3 is 2.48 bits per heavy atom. The van der Waals surface area contributed by atoms with E-state index < -0.39 is 0 Å². The summed E-state index contributed by atoms with van der Waals surface area (Å²) in [5.74, 6) is 0.0527. The number of hydrogen-bond acceptors (Lipinski definition) is 3. The molecule has 0 spiro atoms. The molecule has 3 rings (SSSR count). The molecule has 0 bridgehead atoms. The number of amides is 1. The highest BCUT2D eigenvalue weighted by Gasteiger charge is 2.16. The predicted molar refractivity (Wildman–Crippen MR) is 87.0 cm³/mol. The lowest BCUT2D eigenvalue weighted by atomic mass is 10.0. The van der Waals surface area contributed by atoms with Crippen molar-refractivity contribution in [3.63, 3.8) is 0 Å². The van der Waals surface area contributed by atoms with Gasteiger partial charge in [0, 0.05) is 17.8 Å². The second kappa shape index (κ2) is 5.13. The zero-order chi connectivity index (χ0) is 15.0. The number of nitrogens with one attached hydrogen (secondary N) is 2. The topological polar surface area (TPSA) is 67.2 Å². The van der Waals surface area contributed by atoms with E-state index in [2.05, 4.69) is 42.7 Å². The fourth-order valence-corrected chi connectivity index (χ4v) is 2.76. The summed E-state index contributed by atoms with van der Waals surface area (Å²) in [5.41, 5.74) is 13.0. The highest BCUT2D eigenvalue weighted by atomic mass is 16.1. The Morgan fingerprint density at radius 2 is 1.76 bits per heavy atom. The van der Waals surface area contributed by atoms with E-state index in [1.165, 1.54) is 11.1 Å². The first-order valence-electron chi connectivity index (χ1n) is 7.09. The molecule has 108 valence electrons. The Hall–Kier alpha value is -2.49. The van der Waals surface area contributed by atoms with E-state index in [1.807, 2.05) is 12.1 Å². The summed E-state index contributed by atoms with van der Waals surface area (Å²) in [4.78, 5) is 11.4. The van der Waals surface area contributed by atoms with Gasteiger partial charge in [-0.15, -0.1) is 0 Å². The number of nitrogen functional groups attached to an aromatic ring is 1. The maximum atomic E-state index is 11.4. The first-order chi connectivity index (χ1) is 10.0. The quantitative estimate of drug-likeness (QED) is 0.738. The molecule has 0 radical (unpaired) electrons. The average molecular weight is 281 g/mol. The molecule has 2 aromatic carbocycles. The van der Waals surface area contributed by atoms with Crippen molar-refractivity contribution in [3.05, 3.63) is 47.0 Å². The first-order valence-corrected chi connectivity index (χ1v) is 7.09. The molecule has 1 aliphatic heterocycles. The number of hydrogen-bond donors (Lipinski definition) is 3. The molecule has 4 N–H and O–H groups in total. The third kappa shape index (κ3) is 2.84. The molecule has 0 saturated heterocycles. The van der Waals surface area contributed by atoms with Crippen LogP contribution >= 0.6 is 0 Å². The highest BCUT2D eigenvalue weighted by molar-refractivity contribution is 5.95. The first kappa shape index (κ1) is 13.5. The number of fused-ring (bicyclic) bond motifs is 1. The summed E-state index contributed by atoms with van der Waals surface area (Å²) in [6.07, 6.45) is 1.28. The molecule has 4 nitrogen and oxygen atoms in total. The lowest BCUT2D eigenvalue weighted by Crippen LogP contribution is -2.19. The molecular weight excluding hydrogens is 262 g/mol. The number of aryl methyl sites for hydroxylation is 3. The number of nitrogens with two attached hydrogens (primary N) is 1. The van der Waals surface area contributed by atoms with Crippen LogP contribution in [-0.4, -0.2) is 5.91 Å². The van der Waals surface area contributed by atoms with Gasteiger partial charge in [-0.1, -0.05) is 6.07 Å². The van der Waals surface area contributed by atoms with Crippen LogP contribution in [0, 0.1) is 13.8 Å². The van der Waals surface area contributed by atoms with Crippen molar-refractivity contribution in [1.82, 2.24) is 0 Å². The van der Waals surface area contributed by atoms with Gasteiger partial charge in [-0.2, -0.15) is 0 Å². The molecular formula is C17H19N3O. The minimum atomic E-state index is 0.0527. The Morgan fingerprint density at radius 1 is 1.05 bits per heavy atom. The SMILES string of the molecule is Cc1cc(C)cc(Nc2cc3c(cc2N)NC(=O)CC3)c1. The van der Waals surface area contributed by atoms with E-state index in [-0.39, 0.29) is 5.91 Å². The van der Waals surface area contributed by atoms with E-state index >= 15 is 0 Å². The highest BCUT2D eigenvalue weighted by Crippen LogP contribution is 2.33. The van der Waals surface area contributed by atoms with Crippen LogP contribution in [-0.2, 0) is 11.2 Å². The smallest absolute Gasteiger partial charge is 0.224 e. The monoisotopic (exact) mass is 281 g/mol. The fourth-order valence-electron chi connectivity index (χ4n) is 2.76. The van der Waals surface area contributed by atoms with E-state index in [9.17, 15) is 4.79 Å². The normalized spacial score (nSPS) is 13.5. The van der Waals surface area contributed by atoms with E-state index in [1.54, 1.807) is 0 Å². The van der Waals surface area contributed by atoms with Crippen LogP contribution in [0.2, 0.25) is 0 Å². The number of carbonyl (C=O) groups excluding carboxylic acids is 1. The lowest BCUT2D eigenvalue weighted by molar-refractivity contribution is -0.116. The standard InChI is InChI=1S/C17H19N3O/c1-10-5-11(2)7-13(6-10)19-16-8-12-3-4-17(21)20-15(12)9-14(16)18/h5-9,19H,3-4,18H2,1-2H3,(H,20,21). The Kier molecular flexibility index (Phi) is 3.29. The van der Waals surface area contributed by atoms with Crippen molar-refractivity contribution in [2.75, 3.05) is 16.4 Å². The summed E-state index contributed by atoms with van der Waals surface area (Å²) >= 11 is 0. The zero-order valence-corrected chi connectivity index (χ0v) is 12.3. The van der Waals surface area contributed by atoms with Gasteiger partial charge < -0.3 is 16.4 Å². The van der Waals surface area contributed by atoms with Crippen molar-refractivity contribution in [3.8, 4) is 0 Å². The third-order valence-corrected chi connectivity index (χ3v) is 3.67. The van der Waals surface area contributed by atoms with Crippen LogP contribution in [0.25, 0.3) is 0 Å². The average Bonchev–Trinajstić information content (AvgIpc) is 2.38. The number of benzene rings is 2. The Labute approximate surface area is 124 Å². The largest absolute Gasteiger partial charge is 0.397 e. The molecule has 1 amide bonds. The molecule has 0 aromatic heterocycles. The molecule has 2 aromatic rings. The molecule has 21 heavy (non-hydrogen) atoms. The lowest BCUT2D eigenvalue weighted by Gasteiger charge is -2.20. The maximum absolute atomic E-state index is 11.4. The van der Waals surface area contributed by atoms with Crippen LogP contribution < -0.4 is 16.4 Å². The van der Waals surface area contributed by atoms with Crippen molar-refractivity contribution < 1.29 is 4.79 Å². The molecule has 4 heteroatoms. The maximum Gasteiger partial charge on any atom is 0.224 e. The van der Waals surface area contributed by atoms with Crippen molar-refractivity contribution in [1.29, 1.82) is 0 Å². The molecule has 0 saturated carbocycles. The minimum Gasteiger partial charge on any atom is -0.397 e. The number of carbonyl (C=O) groups is 1. The van der Waals surface area contributed by atoms with Gasteiger partial charge in [0.2, 0.25) is 5.91 Å².